The van der Waals surface area contributed by atoms with Crippen molar-refractivity contribution in [2.75, 3.05) is 13.1 Å². The molecule has 1 heterocycles. The number of amides is 2. The van der Waals surface area contributed by atoms with Gasteiger partial charge in [0.2, 0.25) is 0 Å². The molecule has 1 saturated heterocycles. The Balaban J connectivity index is 2.48. The van der Waals surface area contributed by atoms with Crippen molar-refractivity contribution in [3.8, 4) is 0 Å². The number of carbonyl (C=O) groups is 2. The lowest BCUT2D eigenvalue weighted by molar-refractivity contribution is -0.148. The van der Waals surface area contributed by atoms with Gasteiger partial charge in [-0.1, -0.05) is 39.5 Å². The van der Waals surface area contributed by atoms with Gasteiger partial charge in [0.1, 0.15) is 0 Å². The lowest BCUT2D eigenvalue weighted by Crippen LogP contribution is -2.44. The number of likely N-dealkylation sites (tertiary alicyclic amines) is 1. The first-order valence-electron chi connectivity index (χ1n) is 8.24. The summed E-state index contributed by atoms with van der Waals surface area (Å²) in [5.74, 6) is -0.768. The lowest BCUT2D eigenvalue weighted by atomic mass is 9.83. The maximum atomic E-state index is 12.2. The average molecular weight is 298 g/mol. The molecule has 1 rings (SSSR count). The van der Waals surface area contributed by atoms with Gasteiger partial charge in [-0.15, -0.1) is 0 Å². The van der Waals surface area contributed by atoms with Crippen molar-refractivity contribution >= 4 is 12.0 Å². The van der Waals surface area contributed by atoms with Gasteiger partial charge in [0.25, 0.3) is 0 Å². The fourth-order valence-electron chi connectivity index (χ4n) is 3.08. The molecule has 0 aromatic heterocycles. The molecule has 122 valence electrons. The second-order valence-corrected chi connectivity index (χ2v) is 6.35. The topological polar surface area (TPSA) is 69.6 Å². The predicted octanol–water partition coefficient (Wildman–Crippen LogP) is 3.24. The molecule has 5 nitrogen and oxygen atoms in total. The fourth-order valence-corrected chi connectivity index (χ4v) is 3.08. The van der Waals surface area contributed by atoms with E-state index in [0.29, 0.717) is 25.9 Å². The number of carboxylic acids is 1. The first-order chi connectivity index (χ1) is 9.95. The van der Waals surface area contributed by atoms with Crippen LogP contribution in [0.15, 0.2) is 0 Å². The number of rotatable bonds is 8. The van der Waals surface area contributed by atoms with Crippen molar-refractivity contribution in [3.05, 3.63) is 0 Å². The third kappa shape index (κ3) is 4.90. The first-order valence-corrected chi connectivity index (χ1v) is 8.24. The number of nitrogens with zero attached hydrogens (tertiary/aromatic N) is 1. The molecule has 2 unspecified atom stereocenters. The van der Waals surface area contributed by atoms with Crippen LogP contribution in [0.4, 0.5) is 4.79 Å². The van der Waals surface area contributed by atoms with E-state index in [-0.39, 0.29) is 12.1 Å². The van der Waals surface area contributed by atoms with Crippen LogP contribution in [0.1, 0.15) is 65.7 Å². The van der Waals surface area contributed by atoms with Crippen LogP contribution in [-0.2, 0) is 4.79 Å². The molecule has 2 amide bonds. The van der Waals surface area contributed by atoms with E-state index < -0.39 is 11.4 Å². The summed E-state index contributed by atoms with van der Waals surface area (Å²) in [6.45, 7) is 7.04. The number of carboxylic acid groups (broad SMARTS) is 1. The predicted molar refractivity (Wildman–Crippen MR) is 83.3 cm³/mol. The van der Waals surface area contributed by atoms with Crippen LogP contribution in [0, 0.1) is 5.41 Å². The maximum absolute atomic E-state index is 12.2. The van der Waals surface area contributed by atoms with Crippen LogP contribution in [-0.4, -0.2) is 41.1 Å². The Morgan fingerprint density at radius 2 is 2.00 bits per heavy atom. The molecule has 0 aromatic rings. The summed E-state index contributed by atoms with van der Waals surface area (Å²) in [6.07, 6.45) is 6.48. The van der Waals surface area contributed by atoms with E-state index in [2.05, 4.69) is 12.2 Å². The lowest BCUT2D eigenvalue weighted by Gasteiger charge is -2.25. The Labute approximate surface area is 128 Å². The molecule has 5 heteroatoms. The summed E-state index contributed by atoms with van der Waals surface area (Å²) in [4.78, 5) is 25.4. The second-order valence-electron chi connectivity index (χ2n) is 6.35. The van der Waals surface area contributed by atoms with Gasteiger partial charge >= 0.3 is 12.0 Å². The Hall–Kier alpha value is -1.26. The summed E-state index contributed by atoms with van der Waals surface area (Å²) in [5.41, 5.74) is -0.739. The van der Waals surface area contributed by atoms with Gasteiger partial charge in [0.15, 0.2) is 0 Å². The van der Waals surface area contributed by atoms with Crippen LogP contribution < -0.4 is 5.32 Å². The number of hydrogen-bond acceptors (Lipinski definition) is 2. The van der Waals surface area contributed by atoms with Crippen molar-refractivity contribution in [2.24, 2.45) is 5.41 Å². The van der Waals surface area contributed by atoms with Gasteiger partial charge in [-0.25, -0.2) is 4.79 Å². The SMILES string of the molecule is CCCCCC(C)NC(=O)N1CCC(CCC)(C(=O)O)C1. The van der Waals surface area contributed by atoms with E-state index in [1.165, 1.54) is 12.8 Å². The van der Waals surface area contributed by atoms with Crippen LogP contribution in [0.25, 0.3) is 0 Å². The third-order valence-electron chi connectivity index (χ3n) is 4.43. The second kappa shape index (κ2) is 8.25. The number of unbranched alkanes of at least 4 members (excludes halogenated alkanes) is 2. The zero-order chi connectivity index (χ0) is 15.9. The molecule has 0 spiro atoms. The van der Waals surface area contributed by atoms with Crippen LogP contribution in [0.5, 0.6) is 0 Å². The van der Waals surface area contributed by atoms with Crippen molar-refractivity contribution < 1.29 is 14.7 Å². The molecular weight excluding hydrogens is 268 g/mol. The summed E-state index contributed by atoms with van der Waals surface area (Å²) in [7, 11) is 0. The third-order valence-corrected chi connectivity index (χ3v) is 4.43. The summed E-state index contributed by atoms with van der Waals surface area (Å²) in [5, 5.41) is 12.5. The molecule has 21 heavy (non-hydrogen) atoms. The largest absolute Gasteiger partial charge is 0.481 e. The van der Waals surface area contributed by atoms with Crippen LogP contribution in [0.2, 0.25) is 0 Å². The molecule has 0 aromatic carbocycles. The highest BCUT2D eigenvalue weighted by atomic mass is 16.4. The van der Waals surface area contributed by atoms with E-state index in [4.69, 9.17) is 0 Å². The normalized spacial score (nSPS) is 23.1. The number of hydrogen-bond donors (Lipinski definition) is 2. The minimum Gasteiger partial charge on any atom is -0.481 e. The molecule has 1 aliphatic rings. The standard InChI is InChI=1S/C16H30N2O3/c1-4-6-7-8-13(3)17-15(21)18-11-10-16(12-18,9-5-2)14(19)20/h13H,4-12H2,1-3H3,(H,17,21)(H,19,20). The number of aliphatic carboxylic acids is 1. The molecule has 0 radical (unpaired) electrons. The Kier molecular flexibility index (Phi) is 6.99. The quantitative estimate of drug-likeness (QED) is 0.676. The Morgan fingerprint density at radius 3 is 2.57 bits per heavy atom. The molecule has 1 aliphatic heterocycles. The van der Waals surface area contributed by atoms with E-state index in [0.717, 1.165) is 19.3 Å². The molecule has 0 aliphatic carbocycles. The van der Waals surface area contributed by atoms with E-state index in [1.54, 1.807) is 4.90 Å². The van der Waals surface area contributed by atoms with E-state index in [9.17, 15) is 14.7 Å². The molecule has 2 N–H and O–H groups in total. The first kappa shape index (κ1) is 17.8. The van der Waals surface area contributed by atoms with Gasteiger partial charge < -0.3 is 15.3 Å². The van der Waals surface area contributed by atoms with Gasteiger partial charge in [-0.05, 0) is 26.2 Å². The van der Waals surface area contributed by atoms with Crippen LogP contribution >= 0.6 is 0 Å². The monoisotopic (exact) mass is 298 g/mol. The molecule has 2 atom stereocenters. The fraction of sp³-hybridized carbons (Fsp3) is 0.875. The summed E-state index contributed by atoms with van der Waals surface area (Å²) < 4.78 is 0. The summed E-state index contributed by atoms with van der Waals surface area (Å²) >= 11 is 0. The number of carbonyl (C=O) groups excluding carboxylic acids is 1. The maximum Gasteiger partial charge on any atom is 0.317 e. The van der Waals surface area contributed by atoms with E-state index in [1.807, 2.05) is 13.8 Å². The molecule has 0 saturated carbocycles. The van der Waals surface area contributed by atoms with Crippen molar-refractivity contribution in [3.63, 3.8) is 0 Å². The van der Waals surface area contributed by atoms with Crippen molar-refractivity contribution in [2.45, 2.75) is 71.8 Å². The van der Waals surface area contributed by atoms with Crippen LogP contribution in [0.3, 0.4) is 0 Å². The Bertz CT molecular complexity index is 359. The highest BCUT2D eigenvalue weighted by Crippen LogP contribution is 2.35. The summed E-state index contributed by atoms with van der Waals surface area (Å²) in [6, 6.07) is 0.0354. The average Bonchev–Trinajstić information content (AvgIpc) is 2.85. The highest BCUT2D eigenvalue weighted by molar-refractivity contribution is 5.79. The van der Waals surface area contributed by atoms with Gasteiger partial charge in [-0.3, -0.25) is 4.79 Å². The Morgan fingerprint density at radius 1 is 1.29 bits per heavy atom. The zero-order valence-corrected chi connectivity index (χ0v) is 13.7. The van der Waals surface area contributed by atoms with Gasteiger partial charge in [0.05, 0.1) is 5.41 Å². The minimum atomic E-state index is -0.768. The van der Waals surface area contributed by atoms with Gasteiger partial charge in [-0.2, -0.15) is 0 Å². The number of urea groups is 1. The molecule has 0 bridgehead atoms. The minimum absolute atomic E-state index is 0.113. The van der Waals surface area contributed by atoms with Crippen molar-refractivity contribution in [1.82, 2.24) is 10.2 Å². The highest BCUT2D eigenvalue weighted by Gasteiger charge is 2.45. The smallest absolute Gasteiger partial charge is 0.317 e. The van der Waals surface area contributed by atoms with Crippen molar-refractivity contribution in [1.29, 1.82) is 0 Å². The number of nitrogens with one attached hydrogen (secondary N) is 1. The van der Waals surface area contributed by atoms with E-state index >= 15 is 0 Å². The zero-order valence-electron chi connectivity index (χ0n) is 13.7. The molecule has 1 fully saturated rings. The molecular formula is C16H30N2O3. The van der Waals surface area contributed by atoms with Gasteiger partial charge in [0, 0.05) is 19.1 Å².